The summed E-state index contributed by atoms with van der Waals surface area (Å²) in [5.41, 5.74) is 1.51. The van der Waals surface area contributed by atoms with Crippen LogP contribution in [0.4, 0.5) is 10.1 Å². The summed E-state index contributed by atoms with van der Waals surface area (Å²) in [5.74, 6) is -0.927. The number of hydrogen-bond donors (Lipinski definition) is 2. The largest absolute Gasteiger partial charge is 0.347 e. The number of nitrogens with zero attached hydrogens (tertiary/aromatic N) is 2. The molecule has 1 aromatic heterocycles. The van der Waals surface area contributed by atoms with Gasteiger partial charge >= 0.3 is 0 Å². The van der Waals surface area contributed by atoms with Crippen molar-refractivity contribution in [3.05, 3.63) is 88.1 Å². The lowest BCUT2D eigenvalue weighted by Crippen LogP contribution is -2.28. The smallest absolute Gasteiger partial charge is 0.272 e. The third kappa shape index (κ3) is 5.38. The Morgan fingerprint density at radius 3 is 2.37 bits per heavy atom. The van der Waals surface area contributed by atoms with E-state index in [1.807, 2.05) is 6.92 Å². The number of anilines is 1. The van der Waals surface area contributed by atoms with E-state index in [0.717, 1.165) is 16.7 Å². The van der Waals surface area contributed by atoms with E-state index in [4.69, 9.17) is 0 Å². The second-order valence-electron chi connectivity index (χ2n) is 6.62. The first-order chi connectivity index (χ1) is 14.5. The molecule has 0 saturated carbocycles. The van der Waals surface area contributed by atoms with Crippen LogP contribution in [0.15, 0.2) is 65.5 Å². The van der Waals surface area contributed by atoms with Crippen molar-refractivity contribution in [2.24, 2.45) is 0 Å². The monoisotopic (exact) mass is 408 g/mol. The van der Waals surface area contributed by atoms with Gasteiger partial charge < -0.3 is 10.6 Å². The van der Waals surface area contributed by atoms with Crippen LogP contribution >= 0.6 is 0 Å². The topological polar surface area (TPSA) is 93.1 Å². The van der Waals surface area contributed by atoms with E-state index in [9.17, 15) is 18.8 Å². The Hall–Kier alpha value is -3.81. The number of halogens is 1. The number of amides is 2. The molecule has 0 spiro atoms. The summed E-state index contributed by atoms with van der Waals surface area (Å²) in [7, 11) is 0. The summed E-state index contributed by atoms with van der Waals surface area (Å²) in [4.78, 5) is 36.1. The van der Waals surface area contributed by atoms with Gasteiger partial charge in [0, 0.05) is 24.7 Å². The minimum absolute atomic E-state index is 0.0408. The maximum atomic E-state index is 13.1. The van der Waals surface area contributed by atoms with Crippen molar-refractivity contribution in [3.8, 4) is 5.69 Å². The molecule has 8 heteroatoms. The Morgan fingerprint density at radius 1 is 1.00 bits per heavy atom. The van der Waals surface area contributed by atoms with Crippen molar-refractivity contribution >= 4 is 17.5 Å². The zero-order chi connectivity index (χ0) is 21.5. The van der Waals surface area contributed by atoms with E-state index >= 15 is 0 Å². The van der Waals surface area contributed by atoms with E-state index in [0.29, 0.717) is 17.8 Å². The summed E-state index contributed by atoms with van der Waals surface area (Å²) in [6, 6.07) is 14.9. The van der Waals surface area contributed by atoms with E-state index < -0.39 is 17.3 Å². The molecule has 3 aromatic rings. The van der Waals surface area contributed by atoms with Crippen LogP contribution < -0.4 is 16.2 Å². The van der Waals surface area contributed by atoms with Crippen molar-refractivity contribution in [1.29, 1.82) is 0 Å². The molecule has 0 saturated heterocycles. The highest BCUT2D eigenvalue weighted by Gasteiger charge is 2.11. The van der Waals surface area contributed by atoms with Gasteiger partial charge in [-0.15, -0.1) is 0 Å². The predicted octanol–water partition coefficient (Wildman–Crippen LogP) is 3.04. The summed E-state index contributed by atoms with van der Waals surface area (Å²) in [6.07, 6.45) is 1.24. The van der Waals surface area contributed by atoms with Crippen LogP contribution in [-0.4, -0.2) is 21.6 Å². The minimum Gasteiger partial charge on any atom is -0.347 e. The maximum Gasteiger partial charge on any atom is 0.272 e. The molecule has 0 radical (unpaired) electrons. The van der Waals surface area contributed by atoms with E-state index in [1.165, 1.54) is 36.4 Å². The zero-order valence-electron chi connectivity index (χ0n) is 16.4. The average molecular weight is 408 g/mol. The maximum absolute atomic E-state index is 13.1. The summed E-state index contributed by atoms with van der Waals surface area (Å²) in [6.45, 7) is 2.19. The molecule has 0 aliphatic heterocycles. The Kier molecular flexibility index (Phi) is 6.69. The van der Waals surface area contributed by atoms with Crippen molar-refractivity contribution < 1.29 is 14.0 Å². The fourth-order valence-corrected chi connectivity index (χ4v) is 2.73. The SMILES string of the molecule is CCCC(=O)Nc1ccc(CNC(=O)c2ccc(=O)n(-c3ccc(F)cc3)n2)cc1. The lowest BCUT2D eigenvalue weighted by molar-refractivity contribution is -0.116. The molecule has 0 aliphatic carbocycles. The quantitative estimate of drug-likeness (QED) is 0.628. The highest BCUT2D eigenvalue weighted by atomic mass is 19.1. The number of rotatable bonds is 7. The number of nitrogens with one attached hydrogen (secondary N) is 2. The van der Waals surface area contributed by atoms with Crippen molar-refractivity contribution in [2.75, 3.05) is 5.32 Å². The van der Waals surface area contributed by atoms with Crippen LogP contribution in [0, 0.1) is 5.82 Å². The first-order valence-corrected chi connectivity index (χ1v) is 9.49. The molecule has 2 amide bonds. The molecule has 3 rings (SSSR count). The van der Waals surface area contributed by atoms with Crippen LogP contribution in [0.2, 0.25) is 0 Å². The van der Waals surface area contributed by atoms with Crippen LogP contribution in [0.25, 0.3) is 5.69 Å². The van der Waals surface area contributed by atoms with Gasteiger partial charge in [-0.3, -0.25) is 14.4 Å². The number of aromatic nitrogens is 2. The molecule has 154 valence electrons. The molecule has 0 fully saturated rings. The molecule has 0 bridgehead atoms. The van der Waals surface area contributed by atoms with E-state index in [2.05, 4.69) is 15.7 Å². The molecule has 2 aromatic carbocycles. The van der Waals surface area contributed by atoms with Gasteiger partial charge in [-0.1, -0.05) is 19.1 Å². The van der Waals surface area contributed by atoms with Crippen LogP contribution in [0.3, 0.4) is 0 Å². The van der Waals surface area contributed by atoms with Crippen molar-refractivity contribution in [1.82, 2.24) is 15.1 Å². The number of carbonyl (C=O) groups is 2. The number of hydrogen-bond acceptors (Lipinski definition) is 4. The highest BCUT2D eigenvalue weighted by molar-refractivity contribution is 5.92. The Labute approximate surface area is 172 Å². The number of carbonyl (C=O) groups excluding carboxylic acids is 2. The van der Waals surface area contributed by atoms with Gasteiger partial charge in [0.05, 0.1) is 5.69 Å². The zero-order valence-corrected chi connectivity index (χ0v) is 16.4. The van der Waals surface area contributed by atoms with Crippen molar-refractivity contribution in [3.63, 3.8) is 0 Å². The van der Waals surface area contributed by atoms with Crippen LogP contribution in [0.5, 0.6) is 0 Å². The standard InChI is InChI=1S/C22H21FN4O3/c1-2-3-20(28)25-17-8-4-15(5-9-17)14-24-22(30)19-12-13-21(29)27(26-19)18-10-6-16(23)7-11-18/h4-13H,2-3,14H2,1H3,(H,24,30)(H,25,28). The minimum atomic E-state index is -0.453. The summed E-state index contributed by atoms with van der Waals surface area (Å²) in [5, 5.41) is 9.61. The first-order valence-electron chi connectivity index (χ1n) is 9.49. The Bertz CT molecular complexity index is 1090. The second kappa shape index (κ2) is 9.60. The summed E-state index contributed by atoms with van der Waals surface area (Å²) < 4.78 is 14.1. The van der Waals surface area contributed by atoms with Gasteiger partial charge in [0.2, 0.25) is 5.91 Å². The molecule has 30 heavy (non-hydrogen) atoms. The lowest BCUT2D eigenvalue weighted by atomic mass is 10.2. The molecule has 0 unspecified atom stereocenters. The molecular formula is C22H21FN4O3. The third-order valence-electron chi connectivity index (χ3n) is 4.27. The molecule has 2 N–H and O–H groups in total. The van der Waals surface area contributed by atoms with Gasteiger partial charge in [-0.2, -0.15) is 9.78 Å². The Balaban J connectivity index is 1.65. The van der Waals surface area contributed by atoms with E-state index in [-0.39, 0.29) is 18.1 Å². The average Bonchev–Trinajstić information content (AvgIpc) is 2.74. The second-order valence-corrected chi connectivity index (χ2v) is 6.62. The molecule has 0 atom stereocenters. The third-order valence-corrected chi connectivity index (χ3v) is 4.27. The number of benzene rings is 2. The van der Waals surface area contributed by atoms with Crippen molar-refractivity contribution in [2.45, 2.75) is 26.3 Å². The van der Waals surface area contributed by atoms with Gasteiger partial charge in [0.25, 0.3) is 11.5 Å². The van der Waals surface area contributed by atoms with Gasteiger partial charge in [-0.05, 0) is 54.4 Å². The fourth-order valence-electron chi connectivity index (χ4n) is 2.73. The van der Waals surface area contributed by atoms with Gasteiger partial charge in [0.15, 0.2) is 0 Å². The summed E-state index contributed by atoms with van der Waals surface area (Å²) >= 11 is 0. The molecule has 1 heterocycles. The Morgan fingerprint density at radius 2 is 1.70 bits per heavy atom. The molecular weight excluding hydrogens is 387 g/mol. The van der Waals surface area contributed by atoms with Gasteiger partial charge in [-0.25, -0.2) is 4.39 Å². The van der Waals surface area contributed by atoms with Crippen LogP contribution in [0.1, 0.15) is 35.8 Å². The van der Waals surface area contributed by atoms with Crippen LogP contribution in [-0.2, 0) is 11.3 Å². The van der Waals surface area contributed by atoms with Gasteiger partial charge in [0.1, 0.15) is 11.5 Å². The fraction of sp³-hybridized carbons (Fsp3) is 0.182. The van der Waals surface area contributed by atoms with E-state index in [1.54, 1.807) is 24.3 Å². The lowest BCUT2D eigenvalue weighted by Gasteiger charge is -2.09. The first kappa shape index (κ1) is 20.9. The highest BCUT2D eigenvalue weighted by Crippen LogP contribution is 2.11. The predicted molar refractivity (Wildman–Crippen MR) is 111 cm³/mol. The molecule has 0 aliphatic rings. The normalized spacial score (nSPS) is 10.5. The molecule has 7 nitrogen and oxygen atoms in total.